The molecular formula is C27H39N3O4. The van der Waals surface area contributed by atoms with Crippen LogP contribution >= 0.6 is 0 Å². The van der Waals surface area contributed by atoms with Crippen molar-refractivity contribution in [2.24, 2.45) is 5.92 Å². The Morgan fingerprint density at radius 2 is 1.85 bits per heavy atom. The zero-order chi connectivity index (χ0) is 23.7. The van der Waals surface area contributed by atoms with Gasteiger partial charge in [0, 0.05) is 39.2 Å². The molecule has 0 N–H and O–H groups in total. The molecule has 3 aliphatic heterocycles. The van der Waals surface area contributed by atoms with E-state index in [9.17, 15) is 9.59 Å². The first-order valence-electron chi connectivity index (χ1n) is 13.1. The number of amides is 2. The fourth-order valence-electron chi connectivity index (χ4n) is 7.19. The third-order valence-electron chi connectivity index (χ3n) is 8.84. The number of carbonyl (C=O) groups is 2. The predicted molar refractivity (Wildman–Crippen MR) is 130 cm³/mol. The van der Waals surface area contributed by atoms with Gasteiger partial charge in [-0.2, -0.15) is 0 Å². The van der Waals surface area contributed by atoms with Crippen molar-refractivity contribution in [3.63, 3.8) is 0 Å². The number of hydrogen-bond donors (Lipinski definition) is 0. The lowest BCUT2D eigenvalue weighted by Crippen LogP contribution is -2.53. The van der Waals surface area contributed by atoms with Crippen LogP contribution in [0, 0.1) is 5.92 Å². The van der Waals surface area contributed by atoms with Crippen molar-refractivity contribution in [2.45, 2.75) is 62.9 Å². The third kappa shape index (κ3) is 4.22. The van der Waals surface area contributed by atoms with Crippen LogP contribution in [0.4, 0.5) is 4.79 Å². The van der Waals surface area contributed by atoms with Gasteiger partial charge in [0.1, 0.15) is 0 Å². The molecule has 3 heterocycles. The molecule has 2 atom stereocenters. The summed E-state index contributed by atoms with van der Waals surface area (Å²) >= 11 is 0. The summed E-state index contributed by atoms with van der Waals surface area (Å²) in [4.78, 5) is 31.6. The summed E-state index contributed by atoms with van der Waals surface area (Å²) in [6.45, 7) is 7.33. The molecule has 3 saturated heterocycles. The molecular weight excluding hydrogens is 430 g/mol. The van der Waals surface area contributed by atoms with Crippen LogP contribution < -0.4 is 0 Å². The summed E-state index contributed by atoms with van der Waals surface area (Å²) in [6, 6.07) is 9.66. The topological polar surface area (TPSA) is 62.3 Å². The van der Waals surface area contributed by atoms with E-state index in [4.69, 9.17) is 9.47 Å². The van der Waals surface area contributed by atoms with Gasteiger partial charge in [0.2, 0.25) is 5.91 Å². The molecule has 1 aliphatic carbocycles. The van der Waals surface area contributed by atoms with E-state index in [2.05, 4.69) is 34.1 Å². The molecule has 1 aromatic rings. The first-order chi connectivity index (χ1) is 16.6. The Hall–Kier alpha value is -2.12. The number of likely N-dealkylation sites (tertiary alicyclic amines) is 3. The van der Waals surface area contributed by atoms with Gasteiger partial charge in [-0.3, -0.25) is 4.79 Å². The number of rotatable bonds is 5. The molecule has 0 radical (unpaired) electrons. The van der Waals surface area contributed by atoms with E-state index in [1.54, 1.807) is 7.11 Å². The Morgan fingerprint density at radius 3 is 2.56 bits per heavy atom. The van der Waals surface area contributed by atoms with E-state index >= 15 is 0 Å². The van der Waals surface area contributed by atoms with Crippen LogP contribution in [0.15, 0.2) is 24.3 Å². The maximum atomic E-state index is 12.9. The number of ether oxygens (including phenoxy) is 2. The van der Waals surface area contributed by atoms with Crippen molar-refractivity contribution in [1.29, 1.82) is 0 Å². The van der Waals surface area contributed by atoms with Crippen LogP contribution in [0.5, 0.6) is 0 Å². The van der Waals surface area contributed by atoms with Crippen LogP contribution in [-0.2, 0) is 19.7 Å². The second kappa shape index (κ2) is 9.86. The molecule has 1 aromatic carbocycles. The molecule has 1 spiro atoms. The fraction of sp³-hybridized carbons (Fsp3) is 0.704. The minimum atomic E-state index is -0.169. The lowest BCUT2D eigenvalue weighted by Gasteiger charge is -2.51. The molecule has 5 rings (SSSR count). The molecule has 7 nitrogen and oxygen atoms in total. The highest BCUT2D eigenvalue weighted by Crippen LogP contribution is 2.55. The van der Waals surface area contributed by atoms with Gasteiger partial charge in [-0.05, 0) is 74.6 Å². The van der Waals surface area contributed by atoms with E-state index in [0.29, 0.717) is 38.1 Å². The van der Waals surface area contributed by atoms with E-state index in [1.165, 1.54) is 11.1 Å². The summed E-state index contributed by atoms with van der Waals surface area (Å²) in [5.74, 6) is 0.684. The van der Waals surface area contributed by atoms with Crippen LogP contribution in [0.1, 0.15) is 62.6 Å². The van der Waals surface area contributed by atoms with Crippen molar-refractivity contribution >= 4 is 12.0 Å². The number of nitrogens with zero attached hydrogens (tertiary/aromatic N) is 3. The van der Waals surface area contributed by atoms with Crippen LogP contribution in [-0.4, -0.2) is 85.8 Å². The number of methoxy groups -OCH3 is 1. The van der Waals surface area contributed by atoms with Crippen molar-refractivity contribution in [3.05, 3.63) is 35.4 Å². The second-order valence-electron chi connectivity index (χ2n) is 10.5. The molecule has 4 aliphatic rings. The second-order valence-corrected chi connectivity index (χ2v) is 10.5. The maximum absolute atomic E-state index is 12.9. The molecule has 0 bridgehead atoms. The smallest absolute Gasteiger partial charge is 0.409 e. The van der Waals surface area contributed by atoms with E-state index in [1.807, 2.05) is 11.8 Å². The molecule has 2 amide bonds. The number of fused-ring (bicyclic) bond motifs is 4. The third-order valence-corrected chi connectivity index (χ3v) is 8.84. The zero-order valence-corrected chi connectivity index (χ0v) is 20.7. The Labute approximate surface area is 203 Å². The summed E-state index contributed by atoms with van der Waals surface area (Å²) in [5.41, 5.74) is 3.03. The monoisotopic (exact) mass is 469 g/mol. The number of piperidine rings is 2. The van der Waals surface area contributed by atoms with E-state index in [-0.39, 0.29) is 23.5 Å². The maximum Gasteiger partial charge on any atom is 0.409 e. The Balaban J connectivity index is 1.27. The Bertz CT molecular complexity index is 890. The standard InChI is InChI=1S/C27H39N3O4/c1-3-34-26(32)29-12-8-21(9-13-29)28-14-10-27(11-15-28)19-20-18-24(31)30(16-17-33-2)25(20)22-6-4-5-7-23(22)27/h4-7,20-21,25H,3,8-19H2,1-2H3/t20-,25-/m1/s1. The lowest BCUT2D eigenvalue weighted by atomic mass is 9.60. The molecule has 7 heteroatoms. The number of hydrogen-bond acceptors (Lipinski definition) is 5. The molecule has 34 heavy (non-hydrogen) atoms. The zero-order valence-electron chi connectivity index (χ0n) is 20.7. The van der Waals surface area contributed by atoms with E-state index in [0.717, 1.165) is 58.3 Å². The van der Waals surface area contributed by atoms with Crippen LogP contribution in [0.25, 0.3) is 0 Å². The highest BCUT2D eigenvalue weighted by atomic mass is 16.6. The summed E-state index contributed by atoms with van der Waals surface area (Å²) in [6.07, 6.45) is 5.96. The predicted octanol–water partition coefficient (Wildman–Crippen LogP) is 3.58. The largest absolute Gasteiger partial charge is 0.450 e. The quantitative estimate of drug-likeness (QED) is 0.660. The number of benzene rings is 1. The Morgan fingerprint density at radius 1 is 1.12 bits per heavy atom. The van der Waals surface area contributed by atoms with Gasteiger partial charge in [0.25, 0.3) is 0 Å². The summed E-state index contributed by atoms with van der Waals surface area (Å²) < 4.78 is 10.5. The SMILES string of the molecule is CCOC(=O)N1CCC(N2CCC3(CC2)C[C@H]2CC(=O)N(CCOC)[C@H]2c2ccccc23)CC1. The Kier molecular flexibility index (Phi) is 6.85. The molecule has 0 unspecified atom stereocenters. The van der Waals surface area contributed by atoms with Crippen LogP contribution in [0.3, 0.4) is 0 Å². The van der Waals surface area contributed by atoms with Crippen LogP contribution in [0.2, 0.25) is 0 Å². The minimum Gasteiger partial charge on any atom is -0.450 e. The average Bonchev–Trinajstić information content (AvgIpc) is 3.18. The molecule has 186 valence electrons. The normalized spacial score (nSPS) is 27.1. The van der Waals surface area contributed by atoms with Gasteiger partial charge in [-0.15, -0.1) is 0 Å². The average molecular weight is 470 g/mol. The van der Waals surface area contributed by atoms with Crippen molar-refractivity contribution in [1.82, 2.24) is 14.7 Å². The van der Waals surface area contributed by atoms with Crippen molar-refractivity contribution in [2.75, 3.05) is 53.0 Å². The summed E-state index contributed by atoms with van der Waals surface area (Å²) in [5, 5.41) is 0. The fourth-order valence-corrected chi connectivity index (χ4v) is 7.19. The van der Waals surface area contributed by atoms with Crippen molar-refractivity contribution < 1.29 is 19.1 Å². The van der Waals surface area contributed by atoms with Gasteiger partial charge in [0.15, 0.2) is 0 Å². The van der Waals surface area contributed by atoms with Gasteiger partial charge in [0.05, 0.1) is 19.3 Å². The highest BCUT2D eigenvalue weighted by molar-refractivity contribution is 5.80. The summed E-state index contributed by atoms with van der Waals surface area (Å²) in [7, 11) is 1.70. The van der Waals surface area contributed by atoms with E-state index < -0.39 is 0 Å². The minimum absolute atomic E-state index is 0.169. The van der Waals surface area contributed by atoms with Gasteiger partial charge < -0.3 is 24.2 Å². The van der Waals surface area contributed by atoms with Crippen molar-refractivity contribution in [3.8, 4) is 0 Å². The highest BCUT2D eigenvalue weighted by Gasteiger charge is 2.52. The van der Waals surface area contributed by atoms with Gasteiger partial charge in [-0.25, -0.2) is 4.79 Å². The first kappa shape index (κ1) is 23.6. The van der Waals surface area contributed by atoms with Gasteiger partial charge >= 0.3 is 6.09 Å². The molecule has 0 saturated carbocycles. The lowest BCUT2D eigenvalue weighted by molar-refractivity contribution is -0.129. The molecule has 0 aromatic heterocycles. The first-order valence-corrected chi connectivity index (χ1v) is 13.1. The molecule has 3 fully saturated rings. The number of carbonyl (C=O) groups excluding carboxylic acids is 2. The van der Waals surface area contributed by atoms with Gasteiger partial charge in [-0.1, -0.05) is 24.3 Å².